The fraction of sp³-hybridized carbons (Fsp3) is 0.571. The Morgan fingerprint density at radius 2 is 2.28 bits per heavy atom. The third-order valence-electron chi connectivity index (χ3n) is 3.22. The van der Waals surface area contributed by atoms with Gasteiger partial charge in [0.05, 0.1) is 6.61 Å². The van der Waals surface area contributed by atoms with Gasteiger partial charge in [0, 0.05) is 28.9 Å². The van der Waals surface area contributed by atoms with Gasteiger partial charge in [-0.05, 0) is 37.1 Å². The van der Waals surface area contributed by atoms with Crippen molar-refractivity contribution in [2.45, 2.75) is 38.1 Å². The highest BCUT2D eigenvalue weighted by Gasteiger charge is 2.17. The number of fused-ring (bicyclic) bond motifs is 1. The molecule has 1 aliphatic rings. The molecule has 0 saturated carbocycles. The molecule has 1 N–H and O–H groups in total. The Balaban J connectivity index is 1.90. The lowest BCUT2D eigenvalue weighted by Gasteiger charge is -2.11. The third-order valence-corrected chi connectivity index (χ3v) is 3.96. The summed E-state index contributed by atoms with van der Waals surface area (Å²) in [6, 6.07) is 3.98. The minimum absolute atomic E-state index is 0.263. The lowest BCUT2D eigenvalue weighted by Crippen LogP contribution is -2.18. The maximum absolute atomic E-state index is 6.11. The maximum Gasteiger partial charge on any atom is 0.127 e. The molecule has 1 aromatic carbocycles. The largest absolute Gasteiger partial charge is 0.493 e. The van der Waals surface area contributed by atoms with Crippen LogP contribution in [0.1, 0.15) is 30.9 Å². The first-order chi connectivity index (χ1) is 8.70. The first-order valence-electron chi connectivity index (χ1n) is 6.49. The van der Waals surface area contributed by atoms with Crippen molar-refractivity contribution in [1.29, 1.82) is 0 Å². The van der Waals surface area contributed by atoms with Crippen LogP contribution in [-0.2, 0) is 13.0 Å². The highest BCUT2D eigenvalue weighted by Crippen LogP contribution is 2.32. The van der Waals surface area contributed by atoms with E-state index >= 15 is 0 Å². The number of ether oxygens (including phenoxy) is 1. The quantitative estimate of drug-likeness (QED) is 0.635. The first-order valence-corrected chi connectivity index (χ1v) is 7.31. The summed E-state index contributed by atoms with van der Waals surface area (Å²) < 4.78 is 5.66. The SMILES string of the molecule is CCC(Cl)CCNCc1cc(Cl)cc2c1OCC2. The number of alkyl halides is 1. The van der Waals surface area contributed by atoms with Gasteiger partial charge in [-0.2, -0.15) is 0 Å². The van der Waals surface area contributed by atoms with E-state index in [0.717, 1.165) is 55.3 Å². The summed E-state index contributed by atoms with van der Waals surface area (Å²) in [6.45, 7) is 4.58. The van der Waals surface area contributed by atoms with Crippen molar-refractivity contribution in [1.82, 2.24) is 5.32 Å². The second-order valence-corrected chi connectivity index (χ2v) is 5.68. The van der Waals surface area contributed by atoms with Crippen molar-refractivity contribution >= 4 is 23.2 Å². The Hall–Kier alpha value is -0.440. The molecule has 0 saturated heterocycles. The van der Waals surface area contributed by atoms with Gasteiger partial charge in [-0.3, -0.25) is 0 Å². The van der Waals surface area contributed by atoms with Gasteiger partial charge in [-0.15, -0.1) is 11.6 Å². The summed E-state index contributed by atoms with van der Waals surface area (Å²) in [4.78, 5) is 0. The highest BCUT2D eigenvalue weighted by molar-refractivity contribution is 6.30. The monoisotopic (exact) mass is 287 g/mol. The number of halogens is 2. The van der Waals surface area contributed by atoms with E-state index < -0.39 is 0 Å². The van der Waals surface area contributed by atoms with Gasteiger partial charge in [0.2, 0.25) is 0 Å². The van der Waals surface area contributed by atoms with Gasteiger partial charge < -0.3 is 10.1 Å². The number of benzene rings is 1. The minimum atomic E-state index is 0.263. The number of rotatable bonds is 6. The molecule has 0 amide bonds. The van der Waals surface area contributed by atoms with Crippen molar-refractivity contribution in [3.8, 4) is 5.75 Å². The molecular weight excluding hydrogens is 269 g/mol. The lowest BCUT2D eigenvalue weighted by molar-refractivity contribution is 0.352. The Kier molecular flexibility index (Phi) is 5.16. The van der Waals surface area contributed by atoms with Gasteiger partial charge in [0.15, 0.2) is 0 Å². The fourth-order valence-corrected chi connectivity index (χ4v) is 2.54. The summed E-state index contributed by atoms with van der Waals surface area (Å²) in [5.41, 5.74) is 2.38. The number of nitrogens with one attached hydrogen (secondary N) is 1. The van der Waals surface area contributed by atoms with Crippen LogP contribution in [0.2, 0.25) is 5.02 Å². The van der Waals surface area contributed by atoms with E-state index in [-0.39, 0.29) is 5.38 Å². The minimum Gasteiger partial charge on any atom is -0.493 e. The van der Waals surface area contributed by atoms with Crippen LogP contribution in [0, 0.1) is 0 Å². The van der Waals surface area contributed by atoms with Gasteiger partial charge in [0.25, 0.3) is 0 Å². The van der Waals surface area contributed by atoms with Crippen molar-refractivity contribution in [3.05, 3.63) is 28.3 Å². The zero-order chi connectivity index (χ0) is 13.0. The van der Waals surface area contributed by atoms with Crippen LogP contribution in [0.15, 0.2) is 12.1 Å². The van der Waals surface area contributed by atoms with E-state index in [1.807, 2.05) is 12.1 Å². The van der Waals surface area contributed by atoms with Crippen molar-refractivity contribution in [2.24, 2.45) is 0 Å². The molecule has 100 valence electrons. The van der Waals surface area contributed by atoms with E-state index in [9.17, 15) is 0 Å². The Morgan fingerprint density at radius 3 is 3.06 bits per heavy atom. The van der Waals surface area contributed by atoms with Gasteiger partial charge >= 0.3 is 0 Å². The van der Waals surface area contributed by atoms with E-state index in [4.69, 9.17) is 27.9 Å². The molecule has 1 heterocycles. The predicted octanol–water partition coefficient (Wildman–Crippen LogP) is 3.77. The Bertz CT molecular complexity index is 409. The summed E-state index contributed by atoms with van der Waals surface area (Å²) in [5.74, 6) is 1.02. The Morgan fingerprint density at radius 1 is 1.44 bits per heavy atom. The summed E-state index contributed by atoms with van der Waals surface area (Å²) >= 11 is 12.2. The average molecular weight is 288 g/mol. The molecule has 0 radical (unpaired) electrons. The van der Waals surface area contributed by atoms with Crippen LogP contribution in [0.5, 0.6) is 5.75 Å². The summed E-state index contributed by atoms with van der Waals surface area (Å²) in [6.07, 6.45) is 2.96. The average Bonchev–Trinajstić information content (AvgIpc) is 2.81. The van der Waals surface area contributed by atoms with E-state index in [1.54, 1.807) is 0 Å². The smallest absolute Gasteiger partial charge is 0.127 e. The molecule has 1 unspecified atom stereocenters. The van der Waals surface area contributed by atoms with E-state index in [2.05, 4.69) is 12.2 Å². The van der Waals surface area contributed by atoms with E-state index in [0.29, 0.717) is 0 Å². The molecule has 0 bridgehead atoms. The summed E-state index contributed by atoms with van der Waals surface area (Å²) in [7, 11) is 0. The molecule has 1 aromatic rings. The normalized spacial score (nSPS) is 15.3. The molecule has 0 aliphatic carbocycles. The Labute approximate surface area is 119 Å². The van der Waals surface area contributed by atoms with Crippen molar-refractivity contribution in [2.75, 3.05) is 13.2 Å². The molecule has 2 nitrogen and oxygen atoms in total. The predicted molar refractivity (Wildman–Crippen MR) is 76.9 cm³/mol. The second kappa shape index (κ2) is 6.65. The van der Waals surface area contributed by atoms with Crippen molar-refractivity contribution in [3.63, 3.8) is 0 Å². The first kappa shape index (κ1) is 14.0. The number of hydrogen-bond acceptors (Lipinski definition) is 2. The standard InChI is InChI=1S/C14H19Cl2NO/c1-2-12(15)3-5-17-9-11-8-13(16)7-10-4-6-18-14(10)11/h7-8,12,17H,2-6,9H2,1H3. The lowest BCUT2D eigenvalue weighted by atomic mass is 10.1. The maximum atomic E-state index is 6.11. The van der Waals surface area contributed by atoms with Gasteiger partial charge in [-0.25, -0.2) is 0 Å². The van der Waals surface area contributed by atoms with Crippen molar-refractivity contribution < 1.29 is 4.74 Å². The molecular formula is C14H19Cl2NO. The van der Waals surface area contributed by atoms with E-state index in [1.165, 1.54) is 5.56 Å². The molecule has 1 atom stereocenters. The van der Waals surface area contributed by atoms with Crippen LogP contribution < -0.4 is 10.1 Å². The van der Waals surface area contributed by atoms with Crippen LogP contribution in [0.3, 0.4) is 0 Å². The highest BCUT2D eigenvalue weighted by atomic mass is 35.5. The zero-order valence-corrected chi connectivity index (χ0v) is 12.2. The molecule has 2 rings (SSSR count). The molecule has 0 aromatic heterocycles. The molecule has 0 fully saturated rings. The molecule has 18 heavy (non-hydrogen) atoms. The fourth-order valence-electron chi connectivity index (χ4n) is 2.16. The van der Waals surface area contributed by atoms with Gasteiger partial charge in [0.1, 0.15) is 5.75 Å². The summed E-state index contributed by atoms with van der Waals surface area (Å²) in [5, 5.41) is 4.46. The van der Waals surface area contributed by atoms with Crippen LogP contribution in [0.4, 0.5) is 0 Å². The number of hydrogen-bond donors (Lipinski definition) is 1. The molecule has 0 spiro atoms. The zero-order valence-electron chi connectivity index (χ0n) is 10.6. The van der Waals surface area contributed by atoms with Crippen LogP contribution in [-0.4, -0.2) is 18.5 Å². The molecule has 1 aliphatic heterocycles. The van der Waals surface area contributed by atoms with Crippen LogP contribution >= 0.6 is 23.2 Å². The molecule has 4 heteroatoms. The topological polar surface area (TPSA) is 21.3 Å². The third kappa shape index (κ3) is 3.53. The van der Waals surface area contributed by atoms with Crippen LogP contribution in [0.25, 0.3) is 0 Å². The van der Waals surface area contributed by atoms with Gasteiger partial charge in [-0.1, -0.05) is 18.5 Å². The second-order valence-electron chi connectivity index (χ2n) is 4.62.